The summed E-state index contributed by atoms with van der Waals surface area (Å²) < 4.78 is 4.81. The van der Waals surface area contributed by atoms with E-state index in [4.69, 9.17) is 9.84 Å². The third-order valence-electron chi connectivity index (χ3n) is 2.86. The van der Waals surface area contributed by atoms with Gasteiger partial charge in [0.15, 0.2) is 0 Å². The number of nitrogens with one attached hydrogen (secondary N) is 3. The fraction of sp³-hybridized carbons (Fsp3) is 0.643. The lowest BCUT2D eigenvalue weighted by molar-refractivity contribution is -0.147. The maximum Gasteiger partial charge on any atom is 0.328 e. The Kier molecular flexibility index (Phi) is 11.0. The van der Waals surface area contributed by atoms with Crippen molar-refractivity contribution >= 4 is 42.3 Å². The average molecular weight is 377 g/mol. The lowest BCUT2D eigenvalue weighted by atomic mass is 10.1. The zero-order valence-corrected chi connectivity index (χ0v) is 14.9. The molecule has 0 saturated heterocycles. The van der Waals surface area contributed by atoms with E-state index in [2.05, 4.69) is 28.6 Å². The van der Waals surface area contributed by atoms with E-state index in [9.17, 15) is 24.0 Å². The van der Waals surface area contributed by atoms with Gasteiger partial charge in [0.05, 0.1) is 6.61 Å². The van der Waals surface area contributed by atoms with E-state index in [0.717, 1.165) is 0 Å². The van der Waals surface area contributed by atoms with Crippen LogP contribution in [0, 0.1) is 0 Å². The van der Waals surface area contributed by atoms with E-state index in [0.29, 0.717) is 0 Å². The lowest BCUT2D eigenvalue weighted by Crippen LogP contribution is -2.49. The van der Waals surface area contributed by atoms with Crippen LogP contribution in [0.1, 0.15) is 26.7 Å². The highest BCUT2D eigenvalue weighted by molar-refractivity contribution is 7.80. The van der Waals surface area contributed by atoms with Gasteiger partial charge in [0.25, 0.3) is 0 Å². The summed E-state index contributed by atoms with van der Waals surface area (Å²) in [4.78, 5) is 56.9. The van der Waals surface area contributed by atoms with Crippen LogP contribution < -0.4 is 16.0 Å². The molecule has 2 atom stereocenters. The SMILES string of the molecule is CCOC(=O)C(CCC(=O)NC(CS)C(=O)NCC(=O)O)NC(C)=O. The molecule has 0 radical (unpaired) electrons. The molecule has 11 heteroatoms. The first-order chi connectivity index (χ1) is 11.7. The van der Waals surface area contributed by atoms with Crippen LogP contribution in [0.2, 0.25) is 0 Å². The van der Waals surface area contributed by atoms with Gasteiger partial charge in [-0.25, -0.2) is 4.79 Å². The Hall–Kier alpha value is -2.30. The van der Waals surface area contributed by atoms with E-state index in [1.165, 1.54) is 6.92 Å². The van der Waals surface area contributed by atoms with E-state index in [-0.39, 0.29) is 25.2 Å². The van der Waals surface area contributed by atoms with Crippen LogP contribution in [0.5, 0.6) is 0 Å². The number of carboxylic acid groups (broad SMARTS) is 1. The van der Waals surface area contributed by atoms with Crippen molar-refractivity contribution in [2.45, 2.75) is 38.8 Å². The molecule has 3 amide bonds. The van der Waals surface area contributed by atoms with Crippen molar-refractivity contribution in [3.05, 3.63) is 0 Å². The van der Waals surface area contributed by atoms with Crippen LogP contribution in [-0.4, -0.2) is 65.8 Å². The summed E-state index contributed by atoms with van der Waals surface area (Å²) in [6.07, 6.45) is -0.166. The standard InChI is InChI=1S/C14H23N3O7S/c1-3-24-14(23)9(16-8(2)18)4-5-11(19)17-10(7-25)13(22)15-6-12(20)21/h9-10,25H,3-7H2,1-2H3,(H,15,22)(H,16,18)(H,17,19)(H,20,21). The third kappa shape index (κ3) is 10.2. The predicted molar refractivity (Wildman–Crippen MR) is 89.9 cm³/mol. The number of esters is 1. The first-order valence-electron chi connectivity index (χ1n) is 7.54. The fourth-order valence-corrected chi connectivity index (χ4v) is 2.02. The molecule has 0 heterocycles. The summed E-state index contributed by atoms with van der Waals surface area (Å²) in [6, 6.07) is -1.99. The van der Waals surface area contributed by atoms with Gasteiger partial charge in [-0.15, -0.1) is 0 Å². The number of thiol groups is 1. The highest BCUT2D eigenvalue weighted by Crippen LogP contribution is 2.02. The number of amides is 3. The Morgan fingerprint density at radius 2 is 1.76 bits per heavy atom. The maximum absolute atomic E-state index is 11.9. The summed E-state index contributed by atoms with van der Waals surface area (Å²) >= 11 is 3.93. The monoisotopic (exact) mass is 377 g/mol. The molecule has 142 valence electrons. The Balaban J connectivity index is 4.56. The van der Waals surface area contributed by atoms with Gasteiger partial charge in [-0.1, -0.05) is 0 Å². The molecule has 0 aromatic rings. The smallest absolute Gasteiger partial charge is 0.328 e. The van der Waals surface area contributed by atoms with Gasteiger partial charge in [-0.3, -0.25) is 19.2 Å². The number of hydrogen-bond donors (Lipinski definition) is 5. The van der Waals surface area contributed by atoms with Gasteiger partial charge >= 0.3 is 11.9 Å². The molecular formula is C14H23N3O7S. The highest BCUT2D eigenvalue weighted by Gasteiger charge is 2.24. The fourth-order valence-electron chi connectivity index (χ4n) is 1.76. The van der Waals surface area contributed by atoms with Crippen LogP contribution in [0.25, 0.3) is 0 Å². The van der Waals surface area contributed by atoms with Crippen molar-refractivity contribution in [1.82, 2.24) is 16.0 Å². The Morgan fingerprint density at radius 1 is 1.12 bits per heavy atom. The summed E-state index contributed by atoms with van der Waals surface area (Å²) in [5.74, 6) is -3.59. The van der Waals surface area contributed by atoms with Crippen molar-refractivity contribution < 1.29 is 33.8 Å². The quantitative estimate of drug-likeness (QED) is 0.216. The van der Waals surface area contributed by atoms with Crippen molar-refractivity contribution in [3.8, 4) is 0 Å². The minimum absolute atomic E-state index is 0.0136. The summed E-state index contributed by atoms with van der Waals surface area (Å²) in [7, 11) is 0. The number of ether oxygens (including phenoxy) is 1. The molecule has 4 N–H and O–H groups in total. The molecule has 10 nitrogen and oxygen atoms in total. The van der Waals surface area contributed by atoms with E-state index >= 15 is 0 Å². The molecule has 0 aliphatic heterocycles. The molecule has 0 saturated carbocycles. The average Bonchev–Trinajstić information content (AvgIpc) is 2.53. The second kappa shape index (κ2) is 12.1. The first-order valence-corrected chi connectivity index (χ1v) is 8.17. The van der Waals surface area contributed by atoms with Crippen LogP contribution in [0.4, 0.5) is 0 Å². The lowest BCUT2D eigenvalue weighted by Gasteiger charge is -2.18. The maximum atomic E-state index is 11.9. The van der Waals surface area contributed by atoms with Crippen molar-refractivity contribution in [2.24, 2.45) is 0 Å². The van der Waals surface area contributed by atoms with Gasteiger partial charge in [-0.2, -0.15) is 12.6 Å². The minimum Gasteiger partial charge on any atom is -0.480 e. The molecule has 0 aromatic carbocycles. The summed E-state index contributed by atoms with van der Waals surface area (Å²) in [6.45, 7) is 2.40. The van der Waals surface area contributed by atoms with E-state index in [1.807, 2.05) is 0 Å². The zero-order chi connectivity index (χ0) is 19.4. The molecule has 0 aliphatic carbocycles. The van der Waals surface area contributed by atoms with Crippen LogP contribution in [0.3, 0.4) is 0 Å². The Bertz CT molecular complexity index is 513. The third-order valence-corrected chi connectivity index (χ3v) is 3.22. The predicted octanol–water partition coefficient (Wildman–Crippen LogP) is -1.55. The molecule has 0 rings (SSSR count). The summed E-state index contributed by atoms with van der Waals surface area (Å²) in [5, 5.41) is 15.4. The van der Waals surface area contributed by atoms with Crippen LogP contribution >= 0.6 is 12.6 Å². The molecular weight excluding hydrogens is 354 g/mol. The molecule has 0 fully saturated rings. The topological polar surface area (TPSA) is 151 Å². The largest absolute Gasteiger partial charge is 0.480 e. The number of hydrogen-bond acceptors (Lipinski definition) is 7. The Morgan fingerprint density at radius 3 is 2.24 bits per heavy atom. The number of carboxylic acids is 1. The van der Waals surface area contributed by atoms with Crippen LogP contribution in [0.15, 0.2) is 0 Å². The van der Waals surface area contributed by atoms with Crippen molar-refractivity contribution in [2.75, 3.05) is 18.9 Å². The van der Waals surface area contributed by atoms with Gasteiger partial charge in [-0.05, 0) is 13.3 Å². The first kappa shape index (κ1) is 22.7. The van der Waals surface area contributed by atoms with E-state index < -0.39 is 48.3 Å². The Labute approximate surface area is 150 Å². The van der Waals surface area contributed by atoms with E-state index in [1.54, 1.807) is 6.92 Å². The second-order valence-electron chi connectivity index (χ2n) is 4.96. The number of rotatable bonds is 11. The van der Waals surface area contributed by atoms with Crippen molar-refractivity contribution in [3.63, 3.8) is 0 Å². The molecule has 2 unspecified atom stereocenters. The van der Waals surface area contributed by atoms with Gasteiger partial charge in [0.1, 0.15) is 18.6 Å². The van der Waals surface area contributed by atoms with Gasteiger partial charge in [0.2, 0.25) is 17.7 Å². The molecule has 0 aromatic heterocycles. The van der Waals surface area contributed by atoms with Crippen molar-refractivity contribution in [1.29, 1.82) is 0 Å². The molecule has 25 heavy (non-hydrogen) atoms. The number of carbonyl (C=O) groups excluding carboxylic acids is 4. The minimum atomic E-state index is -1.22. The normalized spacial score (nSPS) is 12.4. The zero-order valence-electron chi connectivity index (χ0n) is 14.0. The molecule has 0 aliphatic rings. The number of carbonyl (C=O) groups is 5. The van der Waals surface area contributed by atoms with Gasteiger partial charge in [0, 0.05) is 19.1 Å². The number of aliphatic carboxylic acids is 1. The van der Waals surface area contributed by atoms with Gasteiger partial charge < -0.3 is 25.8 Å². The summed E-state index contributed by atoms with van der Waals surface area (Å²) in [5.41, 5.74) is 0. The second-order valence-corrected chi connectivity index (χ2v) is 5.32. The molecule has 0 bridgehead atoms. The molecule has 0 spiro atoms. The highest BCUT2D eigenvalue weighted by atomic mass is 32.1. The van der Waals surface area contributed by atoms with Crippen LogP contribution in [-0.2, 0) is 28.7 Å².